The van der Waals surface area contributed by atoms with Crippen molar-refractivity contribution in [2.45, 2.75) is 25.7 Å². The van der Waals surface area contributed by atoms with E-state index in [1.807, 2.05) is 6.92 Å². The van der Waals surface area contributed by atoms with E-state index in [-0.39, 0.29) is 12.1 Å². The number of nitrogens with one attached hydrogen (secondary N) is 3. The van der Waals surface area contributed by atoms with Crippen LogP contribution in [0.2, 0.25) is 0 Å². The summed E-state index contributed by atoms with van der Waals surface area (Å²) in [5.41, 5.74) is 1.09. The van der Waals surface area contributed by atoms with Gasteiger partial charge in [-0.2, -0.15) is 27.9 Å². The number of amides is 1. The third-order valence-electron chi connectivity index (χ3n) is 6.34. The topological polar surface area (TPSA) is 133 Å². The van der Waals surface area contributed by atoms with Gasteiger partial charge in [0.2, 0.25) is 5.95 Å². The lowest BCUT2D eigenvalue weighted by Crippen LogP contribution is -2.49. The molecule has 40 heavy (non-hydrogen) atoms. The van der Waals surface area contributed by atoms with Gasteiger partial charge in [0.05, 0.1) is 11.7 Å². The number of alkyl halides is 3. The predicted octanol–water partition coefficient (Wildman–Crippen LogP) is 3.60. The number of anilines is 4. The lowest BCUT2D eigenvalue weighted by molar-refractivity contribution is -0.137. The molecule has 14 heteroatoms. The molecule has 1 aliphatic heterocycles. The Labute approximate surface area is 227 Å². The zero-order valence-corrected chi connectivity index (χ0v) is 21.6. The Balaban J connectivity index is 1.37. The van der Waals surface area contributed by atoms with Crippen LogP contribution in [-0.4, -0.2) is 66.9 Å². The van der Waals surface area contributed by atoms with Crippen LogP contribution in [0.3, 0.4) is 0 Å². The maximum atomic E-state index is 13.6. The van der Waals surface area contributed by atoms with Crippen LogP contribution in [0.5, 0.6) is 0 Å². The van der Waals surface area contributed by atoms with E-state index in [9.17, 15) is 23.1 Å². The maximum absolute atomic E-state index is 13.6. The van der Waals surface area contributed by atoms with Gasteiger partial charge in [0, 0.05) is 49.7 Å². The highest BCUT2D eigenvalue weighted by atomic mass is 19.4. The third-order valence-corrected chi connectivity index (χ3v) is 6.34. The van der Waals surface area contributed by atoms with E-state index in [1.54, 1.807) is 36.2 Å². The molecule has 1 fully saturated rings. The molecular formula is C26H26F3N9O2. The lowest BCUT2D eigenvalue weighted by atomic mass is 10.0. The quantitative estimate of drug-likeness (QED) is 0.258. The Hall–Kier alpha value is -4.56. The van der Waals surface area contributed by atoms with Crippen molar-refractivity contribution in [3.63, 3.8) is 0 Å². The van der Waals surface area contributed by atoms with Crippen molar-refractivity contribution < 1.29 is 23.1 Å². The van der Waals surface area contributed by atoms with E-state index in [2.05, 4.69) is 36.0 Å². The summed E-state index contributed by atoms with van der Waals surface area (Å²) in [6, 6.07) is 10.1. The van der Waals surface area contributed by atoms with Crippen LogP contribution in [-0.2, 0) is 12.7 Å². The van der Waals surface area contributed by atoms with Gasteiger partial charge in [0.25, 0.3) is 5.91 Å². The van der Waals surface area contributed by atoms with Crippen LogP contribution in [0.25, 0.3) is 5.82 Å². The van der Waals surface area contributed by atoms with Gasteiger partial charge in [0.15, 0.2) is 5.82 Å². The van der Waals surface area contributed by atoms with Gasteiger partial charge in [-0.1, -0.05) is 6.07 Å². The van der Waals surface area contributed by atoms with Gasteiger partial charge in [0.1, 0.15) is 18.5 Å². The number of likely N-dealkylation sites (tertiary alicyclic amines) is 1. The first-order valence-corrected chi connectivity index (χ1v) is 12.3. The summed E-state index contributed by atoms with van der Waals surface area (Å²) in [5.74, 6) is 0.725. The summed E-state index contributed by atoms with van der Waals surface area (Å²) in [6.45, 7) is 2.80. The second kappa shape index (κ2) is 10.9. The number of nitrogens with zero attached hydrogens (tertiary/aromatic N) is 6. The van der Waals surface area contributed by atoms with Crippen molar-refractivity contribution in [2.24, 2.45) is 0 Å². The maximum Gasteiger partial charge on any atom is 0.416 e. The number of halogens is 3. The zero-order valence-electron chi connectivity index (χ0n) is 21.6. The Morgan fingerprint density at radius 1 is 1.07 bits per heavy atom. The third kappa shape index (κ3) is 6.02. The Morgan fingerprint density at radius 3 is 2.60 bits per heavy atom. The molecule has 1 amide bonds. The SMILES string of the molecule is CNc1cc(-n2ncnc2Nc2cc(NC(=O)c3cc(CN4CC(O)C4)cc(C(F)(F)F)c3)ccc2C)ncn1. The molecule has 3 heterocycles. The molecule has 4 N–H and O–H groups in total. The van der Waals surface area contributed by atoms with Crippen LogP contribution in [0.15, 0.2) is 55.1 Å². The number of rotatable bonds is 8. The molecule has 11 nitrogen and oxygen atoms in total. The summed E-state index contributed by atoms with van der Waals surface area (Å²) >= 11 is 0. The number of carbonyl (C=O) groups excluding carboxylic acids is 1. The van der Waals surface area contributed by atoms with Crippen LogP contribution in [0.1, 0.15) is 27.0 Å². The number of aliphatic hydroxyl groups is 1. The number of aromatic nitrogens is 5. The largest absolute Gasteiger partial charge is 0.416 e. The molecule has 0 spiro atoms. The van der Waals surface area contributed by atoms with Crippen molar-refractivity contribution in [3.05, 3.63) is 77.4 Å². The second-order valence-corrected chi connectivity index (χ2v) is 9.38. The fourth-order valence-electron chi connectivity index (χ4n) is 4.26. The van der Waals surface area contributed by atoms with Crippen molar-refractivity contribution in [1.82, 2.24) is 29.6 Å². The monoisotopic (exact) mass is 553 g/mol. The molecule has 1 saturated heterocycles. The van der Waals surface area contributed by atoms with E-state index < -0.39 is 23.8 Å². The van der Waals surface area contributed by atoms with Crippen LogP contribution in [0.4, 0.5) is 36.3 Å². The van der Waals surface area contributed by atoms with Crippen molar-refractivity contribution in [2.75, 3.05) is 36.1 Å². The van der Waals surface area contributed by atoms with Gasteiger partial charge in [-0.25, -0.2) is 9.97 Å². The summed E-state index contributed by atoms with van der Waals surface area (Å²) in [6.07, 6.45) is -2.36. The molecule has 0 radical (unpaired) electrons. The van der Waals surface area contributed by atoms with E-state index in [0.717, 1.165) is 17.7 Å². The zero-order chi connectivity index (χ0) is 28.4. The van der Waals surface area contributed by atoms with Crippen molar-refractivity contribution in [1.29, 1.82) is 0 Å². The van der Waals surface area contributed by atoms with E-state index >= 15 is 0 Å². The normalized spacial score (nSPS) is 14.1. The average molecular weight is 554 g/mol. The molecule has 4 aromatic rings. The molecule has 0 unspecified atom stereocenters. The van der Waals surface area contributed by atoms with E-state index in [0.29, 0.717) is 47.6 Å². The molecule has 0 atom stereocenters. The van der Waals surface area contributed by atoms with E-state index in [4.69, 9.17) is 0 Å². The Kier molecular flexibility index (Phi) is 7.36. The second-order valence-electron chi connectivity index (χ2n) is 9.38. The van der Waals surface area contributed by atoms with Crippen LogP contribution >= 0.6 is 0 Å². The van der Waals surface area contributed by atoms with Gasteiger partial charge < -0.3 is 21.1 Å². The molecular weight excluding hydrogens is 527 g/mol. The standard InChI is InChI=1S/C26H26F3N9O2/c1-15-3-4-19(8-21(15)36-25-33-14-34-38(25)23-9-22(30-2)31-13-32-23)35-24(40)17-5-16(10-37-11-20(39)12-37)6-18(7-17)26(27,28)29/h3-9,13-14,20,39H,10-12H2,1-2H3,(H,35,40)(H,30,31,32)(H,33,34,36). The van der Waals surface area contributed by atoms with Gasteiger partial charge in [-0.05, 0) is 48.4 Å². The minimum absolute atomic E-state index is 0.121. The molecule has 2 aromatic heterocycles. The van der Waals surface area contributed by atoms with Gasteiger partial charge in [-0.15, -0.1) is 0 Å². The molecule has 1 aliphatic rings. The summed E-state index contributed by atoms with van der Waals surface area (Å²) < 4.78 is 42.3. The van der Waals surface area contributed by atoms with Crippen molar-refractivity contribution in [3.8, 4) is 5.82 Å². The minimum Gasteiger partial charge on any atom is -0.390 e. The molecule has 2 aromatic carbocycles. The predicted molar refractivity (Wildman–Crippen MR) is 142 cm³/mol. The lowest BCUT2D eigenvalue weighted by Gasteiger charge is -2.36. The molecule has 208 valence electrons. The first kappa shape index (κ1) is 27.0. The molecule has 0 aliphatic carbocycles. The number of hydrogen-bond acceptors (Lipinski definition) is 9. The fourth-order valence-corrected chi connectivity index (χ4v) is 4.26. The van der Waals surface area contributed by atoms with Crippen LogP contribution < -0.4 is 16.0 Å². The molecule has 5 rings (SSSR count). The highest BCUT2D eigenvalue weighted by Crippen LogP contribution is 2.32. The minimum atomic E-state index is -4.62. The fraction of sp³-hybridized carbons (Fsp3) is 0.269. The average Bonchev–Trinajstić information content (AvgIpc) is 3.37. The number of carbonyl (C=O) groups is 1. The number of aryl methyl sites for hydroxylation is 1. The smallest absolute Gasteiger partial charge is 0.390 e. The molecule has 0 saturated carbocycles. The van der Waals surface area contributed by atoms with Gasteiger partial charge in [-0.3, -0.25) is 9.69 Å². The van der Waals surface area contributed by atoms with Crippen LogP contribution in [0, 0.1) is 6.92 Å². The summed E-state index contributed by atoms with van der Waals surface area (Å²) in [5, 5.41) is 22.5. The Bertz CT molecular complexity index is 1530. The summed E-state index contributed by atoms with van der Waals surface area (Å²) in [7, 11) is 1.73. The number of benzene rings is 2. The highest BCUT2D eigenvalue weighted by Gasteiger charge is 2.32. The number of hydrogen-bond donors (Lipinski definition) is 4. The Morgan fingerprint density at radius 2 is 1.88 bits per heavy atom. The first-order valence-electron chi connectivity index (χ1n) is 12.3. The first-order chi connectivity index (χ1) is 19.1. The van der Waals surface area contributed by atoms with E-state index in [1.165, 1.54) is 23.4 Å². The highest BCUT2D eigenvalue weighted by molar-refractivity contribution is 6.04. The van der Waals surface area contributed by atoms with Gasteiger partial charge >= 0.3 is 6.18 Å². The number of β-amino-alcohol motifs (C(OH)–C–C–N with tert-alkyl or cyclic N) is 1. The van der Waals surface area contributed by atoms with Crippen molar-refractivity contribution >= 4 is 29.0 Å². The molecule has 0 bridgehead atoms. The summed E-state index contributed by atoms with van der Waals surface area (Å²) in [4.78, 5) is 27.4. The number of aliphatic hydroxyl groups excluding tert-OH is 1.